The largest absolute Gasteiger partial charge is 0.494 e. The molecule has 0 aliphatic carbocycles. The van der Waals surface area contributed by atoms with Crippen LogP contribution in [0.2, 0.25) is 0 Å². The first kappa shape index (κ1) is 18.9. The topological polar surface area (TPSA) is 92.1 Å². The molecule has 0 aromatic heterocycles. The highest BCUT2D eigenvalue weighted by Crippen LogP contribution is 2.34. The van der Waals surface area contributed by atoms with Gasteiger partial charge in [-0.05, 0) is 34.0 Å². The number of likely N-dealkylation sites (N-methyl/N-ethyl adjacent to an activating group) is 2. The summed E-state index contributed by atoms with van der Waals surface area (Å²) in [5, 5.41) is 3.05. The molecule has 0 aliphatic rings. The van der Waals surface area contributed by atoms with Crippen molar-refractivity contribution in [3.8, 4) is 5.75 Å². The number of nitrogen functional groups attached to an aromatic ring is 1. The molecule has 23 heavy (non-hydrogen) atoms. The Balaban J connectivity index is 3.02. The number of nitrogens with one attached hydrogen (secondary N) is 1. The summed E-state index contributed by atoms with van der Waals surface area (Å²) in [5.41, 5.74) is 14.4. The molecule has 7 nitrogen and oxygen atoms in total. The first-order chi connectivity index (χ1) is 10.7. The number of rotatable bonds is 7. The van der Waals surface area contributed by atoms with Crippen LogP contribution in [0.1, 0.15) is 13.8 Å². The zero-order chi connectivity index (χ0) is 17.6. The fourth-order valence-corrected chi connectivity index (χ4v) is 2.10. The van der Waals surface area contributed by atoms with Gasteiger partial charge in [0.25, 0.3) is 0 Å². The van der Waals surface area contributed by atoms with E-state index < -0.39 is 0 Å². The van der Waals surface area contributed by atoms with Crippen molar-refractivity contribution < 1.29 is 4.74 Å². The van der Waals surface area contributed by atoms with Crippen LogP contribution in [0.15, 0.2) is 17.1 Å². The van der Waals surface area contributed by atoms with Crippen LogP contribution in [-0.2, 0) is 0 Å². The normalized spacial score (nSPS) is 11.9. The van der Waals surface area contributed by atoms with Crippen molar-refractivity contribution in [2.24, 2.45) is 10.7 Å². The summed E-state index contributed by atoms with van der Waals surface area (Å²) in [5.74, 6) is 1.01. The summed E-state index contributed by atoms with van der Waals surface area (Å²) in [6, 6.07) is 3.85. The van der Waals surface area contributed by atoms with Crippen molar-refractivity contribution >= 4 is 23.0 Å². The number of nitrogens with zero attached hydrogens (tertiary/aromatic N) is 3. The summed E-state index contributed by atoms with van der Waals surface area (Å²) in [6.45, 7) is 5.72. The number of hydrogen-bond donors (Lipinski definition) is 3. The molecule has 0 unspecified atom stereocenters. The second-order valence-electron chi connectivity index (χ2n) is 6.07. The Hall–Kier alpha value is -2.15. The van der Waals surface area contributed by atoms with Gasteiger partial charge in [0, 0.05) is 32.2 Å². The quantitative estimate of drug-likeness (QED) is 0.399. The minimum Gasteiger partial charge on any atom is -0.494 e. The van der Waals surface area contributed by atoms with E-state index in [0.717, 1.165) is 18.8 Å². The first-order valence-corrected chi connectivity index (χ1v) is 7.68. The second-order valence-corrected chi connectivity index (χ2v) is 6.07. The lowest BCUT2D eigenvalue weighted by Gasteiger charge is -2.24. The maximum atomic E-state index is 6.20. The van der Waals surface area contributed by atoms with E-state index in [-0.39, 0.29) is 6.04 Å². The van der Waals surface area contributed by atoms with Crippen LogP contribution in [0.3, 0.4) is 0 Å². The van der Waals surface area contributed by atoms with Crippen LogP contribution in [0.5, 0.6) is 5.75 Å². The summed E-state index contributed by atoms with van der Waals surface area (Å²) < 4.78 is 5.46. The van der Waals surface area contributed by atoms with Crippen LogP contribution >= 0.6 is 0 Å². The molecule has 5 N–H and O–H groups in total. The van der Waals surface area contributed by atoms with E-state index in [4.69, 9.17) is 16.2 Å². The van der Waals surface area contributed by atoms with E-state index in [1.165, 1.54) is 0 Å². The maximum absolute atomic E-state index is 6.20. The number of benzene rings is 1. The fourth-order valence-electron chi connectivity index (χ4n) is 2.10. The molecule has 0 fully saturated rings. The van der Waals surface area contributed by atoms with Gasteiger partial charge in [0.2, 0.25) is 0 Å². The van der Waals surface area contributed by atoms with Gasteiger partial charge in [0.1, 0.15) is 5.75 Å². The zero-order valence-corrected chi connectivity index (χ0v) is 15.1. The van der Waals surface area contributed by atoms with E-state index in [0.29, 0.717) is 23.1 Å². The third kappa shape index (κ3) is 5.86. The van der Waals surface area contributed by atoms with Gasteiger partial charge in [-0.3, -0.25) is 4.99 Å². The molecular weight excluding hydrogens is 292 g/mol. The van der Waals surface area contributed by atoms with E-state index in [1.54, 1.807) is 7.11 Å². The summed E-state index contributed by atoms with van der Waals surface area (Å²) >= 11 is 0. The van der Waals surface area contributed by atoms with Crippen LogP contribution < -0.4 is 26.4 Å². The Morgan fingerprint density at radius 1 is 1.26 bits per heavy atom. The van der Waals surface area contributed by atoms with Crippen LogP contribution in [0, 0.1) is 0 Å². The number of aliphatic imine (C=N–C) groups is 1. The number of methoxy groups -OCH3 is 1. The molecule has 0 atom stereocenters. The predicted octanol–water partition coefficient (Wildman–Crippen LogP) is 1.41. The SMILES string of the molecule is COc1cc(N(C)CCN(C)C)c(N)cc1NC(N)=NC(C)C. The van der Waals surface area contributed by atoms with E-state index >= 15 is 0 Å². The third-order valence-electron chi connectivity index (χ3n) is 3.30. The summed E-state index contributed by atoms with van der Waals surface area (Å²) in [4.78, 5) is 8.49. The smallest absolute Gasteiger partial charge is 0.193 e. The number of hydrogen-bond acceptors (Lipinski definition) is 5. The molecule has 0 bridgehead atoms. The molecule has 1 aromatic carbocycles. The molecule has 0 radical (unpaired) electrons. The van der Waals surface area contributed by atoms with E-state index in [9.17, 15) is 0 Å². The van der Waals surface area contributed by atoms with Crippen molar-refractivity contribution in [3.05, 3.63) is 12.1 Å². The van der Waals surface area contributed by atoms with E-state index in [2.05, 4.69) is 20.1 Å². The first-order valence-electron chi connectivity index (χ1n) is 7.68. The number of nitrogens with two attached hydrogens (primary N) is 2. The van der Waals surface area contributed by atoms with Crippen LogP contribution in [-0.4, -0.2) is 58.2 Å². The minimum absolute atomic E-state index is 0.113. The molecule has 7 heteroatoms. The Bertz CT molecular complexity index is 542. The highest BCUT2D eigenvalue weighted by molar-refractivity contribution is 5.95. The lowest BCUT2D eigenvalue weighted by atomic mass is 10.2. The number of anilines is 3. The number of ether oxygens (including phenoxy) is 1. The third-order valence-corrected chi connectivity index (χ3v) is 3.30. The van der Waals surface area contributed by atoms with Crippen molar-refractivity contribution in [2.45, 2.75) is 19.9 Å². The lowest BCUT2D eigenvalue weighted by Crippen LogP contribution is -2.29. The van der Waals surface area contributed by atoms with Crippen molar-refractivity contribution in [1.82, 2.24) is 4.90 Å². The maximum Gasteiger partial charge on any atom is 0.193 e. The molecule has 0 saturated carbocycles. The minimum atomic E-state index is 0.113. The highest BCUT2D eigenvalue weighted by atomic mass is 16.5. The molecule has 0 spiro atoms. The molecule has 1 rings (SSSR count). The van der Waals surface area contributed by atoms with Crippen LogP contribution in [0.25, 0.3) is 0 Å². The Morgan fingerprint density at radius 2 is 1.91 bits per heavy atom. The van der Waals surface area contributed by atoms with Gasteiger partial charge in [0.15, 0.2) is 5.96 Å². The summed E-state index contributed by atoms with van der Waals surface area (Å²) in [6.07, 6.45) is 0. The highest BCUT2D eigenvalue weighted by Gasteiger charge is 2.13. The van der Waals surface area contributed by atoms with Crippen molar-refractivity contribution in [1.29, 1.82) is 0 Å². The predicted molar refractivity (Wildman–Crippen MR) is 99.6 cm³/mol. The molecule has 0 heterocycles. The Morgan fingerprint density at radius 3 is 2.43 bits per heavy atom. The lowest BCUT2D eigenvalue weighted by molar-refractivity contribution is 0.413. The molecule has 1 aromatic rings. The monoisotopic (exact) mass is 322 g/mol. The van der Waals surface area contributed by atoms with Gasteiger partial charge in [-0.1, -0.05) is 0 Å². The van der Waals surface area contributed by atoms with Gasteiger partial charge >= 0.3 is 0 Å². The van der Waals surface area contributed by atoms with Gasteiger partial charge in [-0.15, -0.1) is 0 Å². The van der Waals surface area contributed by atoms with Gasteiger partial charge < -0.3 is 31.3 Å². The molecule has 0 aliphatic heterocycles. The van der Waals surface area contributed by atoms with Gasteiger partial charge in [-0.25, -0.2) is 0 Å². The average Bonchev–Trinajstić information content (AvgIpc) is 2.44. The standard InChI is InChI=1S/C16H30N6O/c1-11(2)19-16(18)20-13-9-12(17)14(10-15(13)23-6)22(5)8-7-21(3)4/h9-11H,7-8,17H2,1-6H3,(H3,18,19,20). The molecule has 0 amide bonds. The van der Waals surface area contributed by atoms with Crippen molar-refractivity contribution in [3.63, 3.8) is 0 Å². The fraction of sp³-hybridized carbons (Fsp3) is 0.562. The Labute approximate surface area is 139 Å². The van der Waals surface area contributed by atoms with Crippen molar-refractivity contribution in [2.75, 3.05) is 57.3 Å². The molecule has 0 saturated heterocycles. The van der Waals surface area contributed by atoms with E-state index in [1.807, 2.05) is 47.1 Å². The molecule has 130 valence electrons. The second kappa shape index (κ2) is 8.47. The van der Waals surface area contributed by atoms with Gasteiger partial charge in [-0.2, -0.15) is 0 Å². The molecular formula is C16H30N6O. The zero-order valence-electron chi connectivity index (χ0n) is 15.1. The number of guanidine groups is 1. The summed E-state index contributed by atoms with van der Waals surface area (Å²) in [7, 11) is 7.72. The van der Waals surface area contributed by atoms with Crippen LogP contribution in [0.4, 0.5) is 17.1 Å². The van der Waals surface area contributed by atoms with Gasteiger partial charge in [0.05, 0.1) is 24.2 Å². The Kier molecular flexibility index (Phi) is 6.96. The average molecular weight is 322 g/mol.